The number of rotatable bonds is 3. The van der Waals surface area contributed by atoms with Crippen LogP contribution in [-0.2, 0) is 4.79 Å². The van der Waals surface area contributed by atoms with Gasteiger partial charge in [0.15, 0.2) is 0 Å². The number of aryl methyl sites for hydroxylation is 2. The number of hydrogen-bond acceptors (Lipinski definition) is 3. The fourth-order valence-corrected chi connectivity index (χ4v) is 3.45. The maximum atomic E-state index is 13.1. The number of benzene rings is 1. The van der Waals surface area contributed by atoms with Crippen LogP contribution in [0, 0.1) is 19.7 Å². The molecule has 134 valence electrons. The Labute approximate surface area is 148 Å². The highest BCUT2D eigenvalue weighted by molar-refractivity contribution is 5.80. The molecule has 0 N–H and O–H groups in total. The number of anilines is 1. The summed E-state index contributed by atoms with van der Waals surface area (Å²) < 4.78 is 14.9. The number of amides is 1. The average molecular weight is 344 g/mol. The van der Waals surface area contributed by atoms with Gasteiger partial charge in [-0.25, -0.2) is 4.39 Å². The highest BCUT2D eigenvalue weighted by atomic mass is 19.1. The molecule has 1 aliphatic heterocycles. The van der Waals surface area contributed by atoms with Gasteiger partial charge < -0.3 is 9.80 Å². The number of aromatic nitrogens is 2. The smallest absolute Gasteiger partial charge is 0.247 e. The van der Waals surface area contributed by atoms with Crippen molar-refractivity contribution in [3.63, 3.8) is 0 Å². The van der Waals surface area contributed by atoms with Gasteiger partial charge in [-0.2, -0.15) is 5.10 Å². The van der Waals surface area contributed by atoms with Crippen molar-refractivity contribution in [2.75, 3.05) is 31.1 Å². The first kappa shape index (κ1) is 17.5. The minimum absolute atomic E-state index is 0.104. The van der Waals surface area contributed by atoms with E-state index in [4.69, 9.17) is 0 Å². The van der Waals surface area contributed by atoms with Crippen LogP contribution in [0.25, 0.3) is 0 Å². The van der Waals surface area contributed by atoms with Crippen molar-refractivity contribution in [1.29, 1.82) is 0 Å². The molecule has 3 rings (SSSR count). The van der Waals surface area contributed by atoms with Crippen molar-refractivity contribution in [3.05, 3.63) is 47.5 Å². The Kier molecular flexibility index (Phi) is 5.06. The van der Waals surface area contributed by atoms with Crippen LogP contribution >= 0.6 is 0 Å². The van der Waals surface area contributed by atoms with E-state index < -0.39 is 0 Å². The lowest BCUT2D eigenvalue weighted by Crippen LogP contribution is -2.39. The van der Waals surface area contributed by atoms with Gasteiger partial charge in [-0.15, -0.1) is 0 Å². The lowest BCUT2D eigenvalue weighted by Gasteiger charge is -2.26. The standard InChI is InChI=1S/C19H25FN4O/c1-14-13-15(2)24(21-14)16(3)19(25)23-10-4-9-22(11-12-23)18-7-5-17(20)6-8-18/h5-8,13,16H,4,9-12H2,1-3H3/t16-/m1/s1. The fraction of sp³-hybridized carbons (Fsp3) is 0.474. The molecule has 6 heteroatoms. The summed E-state index contributed by atoms with van der Waals surface area (Å²) in [4.78, 5) is 17.0. The average Bonchev–Trinajstić information content (AvgIpc) is 2.79. The van der Waals surface area contributed by atoms with Gasteiger partial charge in [-0.3, -0.25) is 9.48 Å². The normalized spacial score (nSPS) is 16.6. The van der Waals surface area contributed by atoms with Crippen LogP contribution < -0.4 is 4.90 Å². The topological polar surface area (TPSA) is 41.4 Å². The van der Waals surface area contributed by atoms with Crippen molar-refractivity contribution >= 4 is 11.6 Å². The van der Waals surface area contributed by atoms with Gasteiger partial charge in [0.2, 0.25) is 5.91 Å². The summed E-state index contributed by atoms with van der Waals surface area (Å²) >= 11 is 0. The van der Waals surface area contributed by atoms with Gasteiger partial charge in [-0.1, -0.05) is 0 Å². The minimum atomic E-state index is -0.300. The zero-order valence-corrected chi connectivity index (χ0v) is 15.1. The number of hydrogen-bond donors (Lipinski definition) is 0. The van der Waals surface area contributed by atoms with Gasteiger partial charge in [0, 0.05) is 37.6 Å². The number of carbonyl (C=O) groups excluding carboxylic acids is 1. The van der Waals surface area contributed by atoms with Crippen LogP contribution in [0.3, 0.4) is 0 Å². The van der Waals surface area contributed by atoms with Gasteiger partial charge in [0.05, 0.1) is 5.69 Å². The van der Waals surface area contributed by atoms with E-state index in [1.54, 1.807) is 16.8 Å². The Balaban J connectivity index is 1.67. The zero-order chi connectivity index (χ0) is 18.0. The predicted molar refractivity (Wildman–Crippen MR) is 96.2 cm³/mol. The summed E-state index contributed by atoms with van der Waals surface area (Å²) in [5.41, 5.74) is 2.93. The highest BCUT2D eigenvalue weighted by Crippen LogP contribution is 2.19. The predicted octanol–water partition coefficient (Wildman–Crippen LogP) is 2.94. The Morgan fingerprint density at radius 1 is 1.12 bits per heavy atom. The Hall–Kier alpha value is -2.37. The maximum Gasteiger partial charge on any atom is 0.247 e. The molecule has 25 heavy (non-hydrogen) atoms. The van der Waals surface area contributed by atoms with Crippen LogP contribution in [0.1, 0.15) is 30.8 Å². The Morgan fingerprint density at radius 3 is 2.48 bits per heavy atom. The molecule has 0 unspecified atom stereocenters. The molecule has 0 spiro atoms. The van der Waals surface area contributed by atoms with E-state index in [1.807, 2.05) is 31.7 Å². The summed E-state index contributed by atoms with van der Waals surface area (Å²) in [5.74, 6) is -0.124. The van der Waals surface area contributed by atoms with Gasteiger partial charge >= 0.3 is 0 Å². The monoisotopic (exact) mass is 344 g/mol. The van der Waals surface area contributed by atoms with Crippen LogP contribution in [0.15, 0.2) is 30.3 Å². The molecule has 2 heterocycles. The van der Waals surface area contributed by atoms with E-state index in [2.05, 4.69) is 10.00 Å². The largest absolute Gasteiger partial charge is 0.370 e. The van der Waals surface area contributed by atoms with Crippen LogP contribution in [0.4, 0.5) is 10.1 Å². The van der Waals surface area contributed by atoms with E-state index in [1.165, 1.54) is 12.1 Å². The Bertz CT molecular complexity index is 740. The van der Waals surface area contributed by atoms with Gasteiger partial charge in [0.25, 0.3) is 0 Å². The molecule has 0 radical (unpaired) electrons. The highest BCUT2D eigenvalue weighted by Gasteiger charge is 2.25. The molecule has 1 aliphatic rings. The van der Waals surface area contributed by atoms with Gasteiger partial charge in [0.1, 0.15) is 11.9 Å². The molecule has 0 aliphatic carbocycles. The fourth-order valence-electron chi connectivity index (χ4n) is 3.45. The molecule has 2 aromatic rings. The first-order valence-electron chi connectivity index (χ1n) is 8.78. The quantitative estimate of drug-likeness (QED) is 0.860. The van der Waals surface area contributed by atoms with Crippen molar-refractivity contribution in [3.8, 4) is 0 Å². The summed E-state index contributed by atoms with van der Waals surface area (Å²) in [6, 6.07) is 8.24. The third-order valence-electron chi connectivity index (χ3n) is 4.77. The van der Waals surface area contributed by atoms with Crippen LogP contribution in [0.5, 0.6) is 0 Å². The summed E-state index contributed by atoms with van der Waals surface area (Å²) in [5, 5.41) is 4.44. The lowest BCUT2D eigenvalue weighted by atomic mass is 10.2. The molecular formula is C19H25FN4O. The number of carbonyl (C=O) groups is 1. The molecule has 0 saturated carbocycles. The molecule has 1 atom stereocenters. The molecule has 1 saturated heterocycles. The summed E-state index contributed by atoms with van der Waals surface area (Å²) in [6.45, 7) is 8.84. The van der Waals surface area contributed by atoms with Crippen molar-refractivity contribution < 1.29 is 9.18 Å². The van der Waals surface area contributed by atoms with Crippen molar-refractivity contribution in [1.82, 2.24) is 14.7 Å². The van der Waals surface area contributed by atoms with E-state index in [-0.39, 0.29) is 17.8 Å². The second-order valence-corrected chi connectivity index (χ2v) is 6.69. The maximum absolute atomic E-state index is 13.1. The molecule has 1 aromatic carbocycles. The van der Waals surface area contributed by atoms with Crippen LogP contribution in [-0.4, -0.2) is 46.8 Å². The number of nitrogens with zero attached hydrogens (tertiary/aromatic N) is 4. The first-order valence-corrected chi connectivity index (χ1v) is 8.78. The second kappa shape index (κ2) is 7.25. The SMILES string of the molecule is Cc1cc(C)n([C@H](C)C(=O)N2CCCN(c3ccc(F)cc3)CC2)n1. The Morgan fingerprint density at radius 2 is 1.84 bits per heavy atom. The zero-order valence-electron chi connectivity index (χ0n) is 15.1. The van der Waals surface area contributed by atoms with Crippen LogP contribution in [0.2, 0.25) is 0 Å². The molecule has 1 aromatic heterocycles. The molecule has 0 bridgehead atoms. The molecule has 5 nitrogen and oxygen atoms in total. The van der Waals surface area contributed by atoms with E-state index in [9.17, 15) is 9.18 Å². The van der Waals surface area contributed by atoms with E-state index in [0.29, 0.717) is 6.54 Å². The molecule has 1 amide bonds. The summed E-state index contributed by atoms with van der Waals surface area (Å²) in [6.07, 6.45) is 0.896. The molecule has 1 fully saturated rings. The third kappa shape index (κ3) is 3.83. The van der Waals surface area contributed by atoms with Crippen molar-refractivity contribution in [2.24, 2.45) is 0 Å². The minimum Gasteiger partial charge on any atom is -0.370 e. The van der Waals surface area contributed by atoms with Crippen molar-refractivity contribution in [2.45, 2.75) is 33.2 Å². The third-order valence-corrected chi connectivity index (χ3v) is 4.77. The summed E-state index contributed by atoms with van der Waals surface area (Å²) in [7, 11) is 0. The first-order chi connectivity index (χ1) is 12.0. The van der Waals surface area contributed by atoms with E-state index >= 15 is 0 Å². The molecular weight excluding hydrogens is 319 g/mol. The van der Waals surface area contributed by atoms with Gasteiger partial charge in [-0.05, 0) is 57.5 Å². The lowest BCUT2D eigenvalue weighted by molar-refractivity contribution is -0.134. The van der Waals surface area contributed by atoms with E-state index in [0.717, 1.165) is 43.1 Å². The second-order valence-electron chi connectivity index (χ2n) is 6.69. The number of halogens is 1.